The molecule has 5 N–H and O–H groups in total. The first-order valence-electron chi connectivity index (χ1n) is 10.1. The molecule has 0 spiro atoms. The molecule has 0 unspecified atom stereocenters. The maximum atomic E-state index is 10.7. The molecule has 1 aromatic heterocycles. The molecule has 5 nitrogen and oxygen atoms in total. The average Bonchev–Trinajstić information content (AvgIpc) is 3.16. The van der Waals surface area contributed by atoms with Crippen molar-refractivity contribution in [2.45, 2.75) is 70.2 Å². The van der Waals surface area contributed by atoms with Crippen LogP contribution < -0.4 is 5.73 Å². The number of carbonyl (C=O) groups excluding carboxylic acids is 1. The van der Waals surface area contributed by atoms with Crippen LogP contribution in [0.25, 0.3) is 0 Å². The number of rotatable bonds is 11. The van der Waals surface area contributed by atoms with Crippen LogP contribution in [0, 0.1) is 18.8 Å². The summed E-state index contributed by atoms with van der Waals surface area (Å²) in [6, 6.07) is 2.14. The van der Waals surface area contributed by atoms with E-state index in [1.54, 1.807) is 17.4 Å². The minimum Gasteiger partial charge on any atom is -0.393 e. The molecule has 156 valence electrons. The van der Waals surface area contributed by atoms with Crippen molar-refractivity contribution in [1.82, 2.24) is 0 Å². The fourth-order valence-corrected chi connectivity index (χ4v) is 4.51. The number of hydrogen-bond donors (Lipinski definition) is 4. The number of thiophene rings is 1. The van der Waals surface area contributed by atoms with Gasteiger partial charge >= 0.3 is 0 Å². The maximum absolute atomic E-state index is 10.7. The number of primary amides is 1. The van der Waals surface area contributed by atoms with Crippen LogP contribution in [0.4, 0.5) is 0 Å². The van der Waals surface area contributed by atoms with Crippen LogP contribution in [0.1, 0.15) is 49.0 Å². The molecule has 0 radical (unpaired) electrons. The maximum Gasteiger partial charge on any atom is 0.217 e. The Morgan fingerprint density at radius 3 is 2.82 bits per heavy atom. The third-order valence-corrected chi connectivity index (χ3v) is 6.26. The summed E-state index contributed by atoms with van der Waals surface area (Å²) in [5, 5.41) is 32.9. The molecule has 1 aliphatic carbocycles. The van der Waals surface area contributed by atoms with Crippen molar-refractivity contribution in [3.63, 3.8) is 0 Å². The van der Waals surface area contributed by atoms with Gasteiger partial charge in [-0.1, -0.05) is 24.3 Å². The molecule has 0 aromatic carbocycles. The summed E-state index contributed by atoms with van der Waals surface area (Å²) in [4.78, 5) is 12.0. The first kappa shape index (κ1) is 22.8. The summed E-state index contributed by atoms with van der Waals surface area (Å²) in [5.41, 5.74) is 6.36. The van der Waals surface area contributed by atoms with Gasteiger partial charge < -0.3 is 21.1 Å². The molecule has 1 aromatic rings. The molecule has 5 atom stereocenters. The van der Waals surface area contributed by atoms with Gasteiger partial charge in [0.05, 0.1) is 18.3 Å². The van der Waals surface area contributed by atoms with E-state index in [9.17, 15) is 20.1 Å². The van der Waals surface area contributed by atoms with Crippen LogP contribution in [-0.2, 0) is 11.2 Å². The lowest BCUT2D eigenvalue weighted by molar-refractivity contribution is -0.118. The summed E-state index contributed by atoms with van der Waals surface area (Å²) in [5.74, 6) is -0.519. The second-order valence-electron chi connectivity index (χ2n) is 7.73. The third-order valence-electron chi connectivity index (χ3n) is 5.35. The predicted molar refractivity (Wildman–Crippen MR) is 113 cm³/mol. The highest BCUT2D eigenvalue weighted by atomic mass is 32.1. The zero-order valence-electron chi connectivity index (χ0n) is 16.5. The Morgan fingerprint density at radius 1 is 1.36 bits per heavy atom. The Labute approximate surface area is 171 Å². The summed E-state index contributed by atoms with van der Waals surface area (Å²) in [6.45, 7) is 2.07. The second kappa shape index (κ2) is 11.5. The Hall–Kier alpha value is -1.47. The minimum absolute atomic E-state index is 0.0645. The molecule has 1 amide bonds. The lowest BCUT2D eigenvalue weighted by atomic mass is 9.89. The smallest absolute Gasteiger partial charge is 0.217 e. The molecule has 2 rings (SSSR count). The first-order valence-corrected chi connectivity index (χ1v) is 10.9. The fraction of sp³-hybridized carbons (Fsp3) is 0.591. The van der Waals surface area contributed by atoms with Crippen LogP contribution >= 0.6 is 11.3 Å². The lowest BCUT2D eigenvalue weighted by Crippen LogP contribution is -2.20. The number of aryl methyl sites for hydroxylation is 2. The van der Waals surface area contributed by atoms with E-state index in [4.69, 9.17) is 5.73 Å². The average molecular weight is 408 g/mol. The van der Waals surface area contributed by atoms with Crippen molar-refractivity contribution in [1.29, 1.82) is 0 Å². The van der Waals surface area contributed by atoms with Gasteiger partial charge in [0.1, 0.15) is 0 Å². The summed E-state index contributed by atoms with van der Waals surface area (Å²) in [7, 11) is 0. The molecule has 1 saturated carbocycles. The zero-order valence-corrected chi connectivity index (χ0v) is 17.4. The topological polar surface area (TPSA) is 104 Å². The fourth-order valence-electron chi connectivity index (χ4n) is 3.77. The number of aliphatic hydroxyl groups excluding tert-OH is 3. The summed E-state index contributed by atoms with van der Waals surface area (Å²) in [6.07, 6.45) is 10.3. The number of carbonyl (C=O) groups is 1. The van der Waals surface area contributed by atoms with Crippen LogP contribution in [0.5, 0.6) is 0 Å². The van der Waals surface area contributed by atoms with Gasteiger partial charge in [-0.15, -0.1) is 11.3 Å². The molecule has 1 aliphatic rings. The molecule has 6 heteroatoms. The lowest BCUT2D eigenvalue weighted by Gasteiger charge is -2.19. The standard InChI is InChI=1S/C22H33NO4S/c1-15-12-16(14-28-15)8-9-17(24)10-11-19-18(20(25)13-21(19)26)6-4-2-3-5-7-22(23)27/h2,4,10-12,14,17-21,24-26H,3,5-9,13H2,1H3,(H2,23,27)/b4-2-,11-10+/t17-,18-,19-,20+,21+/m1/s1. The molecule has 28 heavy (non-hydrogen) atoms. The van der Waals surface area contributed by atoms with Crippen molar-refractivity contribution in [3.05, 3.63) is 46.2 Å². The largest absolute Gasteiger partial charge is 0.393 e. The molecule has 1 fully saturated rings. The quantitative estimate of drug-likeness (QED) is 0.334. The molecule has 0 saturated heterocycles. The Balaban J connectivity index is 1.81. The third kappa shape index (κ3) is 7.51. The van der Waals surface area contributed by atoms with Crippen molar-refractivity contribution in [3.8, 4) is 0 Å². The highest BCUT2D eigenvalue weighted by Crippen LogP contribution is 2.36. The van der Waals surface area contributed by atoms with Gasteiger partial charge in [0, 0.05) is 23.6 Å². The predicted octanol–water partition coefficient (Wildman–Crippen LogP) is 2.87. The molecular weight excluding hydrogens is 374 g/mol. The number of allylic oxidation sites excluding steroid dienone is 2. The van der Waals surface area contributed by atoms with Gasteiger partial charge in [-0.05, 0) is 62.0 Å². The van der Waals surface area contributed by atoms with Gasteiger partial charge in [-0.3, -0.25) is 4.79 Å². The number of hydrogen-bond acceptors (Lipinski definition) is 5. The Bertz CT molecular complexity index is 669. The van der Waals surface area contributed by atoms with Crippen LogP contribution in [0.3, 0.4) is 0 Å². The van der Waals surface area contributed by atoms with Gasteiger partial charge in [-0.2, -0.15) is 0 Å². The van der Waals surface area contributed by atoms with E-state index in [0.717, 1.165) is 19.3 Å². The van der Waals surface area contributed by atoms with Crippen LogP contribution in [0.2, 0.25) is 0 Å². The van der Waals surface area contributed by atoms with Crippen molar-refractivity contribution >= 4 is 17.2 Å². The monoisotopic (exact) mass is 407 g/mol. The van der Waals surface area contributed by atoms with E-state index in [1.807, 2.05) is 18.2 Å². The van der Waals surface area contributed by atoms with Gasteiger partial charge in [0.2, 0.25) is 5.91 Å². The minimum atomic E-state index is -0.591. The Kier molecular flexibility index (Phi) is 9.38. The molecule has 1 heterocycles. The van der Waals surface area contributed by atoms with Gasteiger partial charge in [0.25, 0.3) is 0 Å². The van der Waals surface area contributed by atoms with Crippen LogP contribution in [-0.4, -0.2) is 39.5 Å². The van der Waals surface area contributed by atoms with Gasteiger partial charge in [-0.25, -0.2) is 0 Å². The zero-order chi connectivity index (χ0) is 20.5. The van der Waals surface area contributed by atoms with E-state index in [-0.39, 0.29) is 17.7 Å². The highest BCUT2D eigenvalue weighted by Gasteiger charge is 2.39. The van der Waals surface area contributed by atoms with Gasteiger partial charge in [0.15, 0.2) is 0 Å². The van der Waals surface area contributed by atoms with E-state index in [2.05, 4.69) is 18.4 Å². The van der Waals surface area contributed by atoms with E-state index >= 15 is 0 Å². The SMILES string of the molecule is Cc1cc(CC[C@@H](O)/C=C/[C@@H]2[C@@H](C/C=C\CCCC(N)=O)[C@@H](O)C[C@@H]2O)cs1. The normalized spacial score (nSPS) is 26.4. The number of unbranched alkanes of at least 4 members (excludes halogenated alkanes) is 1. The van der Waals surface area contributed by atoms with E-state index in [0.29, 0.717) is 25.7 Å². The second-order valence-corrected chi connectivity index (χ2v) is 8.85. The summed E-state index contributed by atoms with van der Waals surface area (Å²) < 4.78 is 0. The molecular formula is C22H33NO4S. The van der Waals surface area contributed by atoms with Crippen molar-refractivity contribution < 1.29 is 20.1 Å². The summed E-state index contributed by atoms with van der Waals surface area (Å²) >= 11 is 1.71. The van der Waals surface area contributed by atoms with Crippen molar-refractivity contribution in [2.24, 2.45) is 17.6 Å². The number of amides is 1. The molecule has 0 bridgehead atoms. The first-order chi connectivity index (χ1) is 13.4. The van der Waals surface area contributed by atoms with Crippen LogP contribution in [0.15, 0.2) is 35.8 Å². The van der Waals surface area contributed by atoms with Crippen molar-refractivity contribution in [2.75, 3.05) is 0 Å². The molecule has 0 aliphatic heterocycles. The van der Waals surface area contributed by atoms with E-state index < -0.39 is 18.3 Å². The Morgan fingerprint density at radius 2 is 2.14 bits per heavy atom. The van der Waals surface area contributed by atoms with E-state index in [1.165, 1.54) is 10.4 Å². The highest BCUT2D eigenvalue weighted by molar-refractivity contribution is 7.10. The number of nitrogens with two attached hydrogens (primary N) is 1. The number of aliphatic hydroxyl groups is 3.